The molecule has 1 atom stereocenters. The summed E-state index contributed by atoms with van der Waals surface area (Å²) in [7, 11) is 3.46. The van der Waals surface area contributed by atoms with Gasteiger partial charge in [0.2, 0.25) is 0 Å². The third kappa shape index (κ3) is 4.05. The molecular formula is C19H26N4O3. The second-order valence-electron chi connectivity index (χ2n) is 6.91. The Hall–Kier alpha value is -2.38. The van der Waals surface area contributed by atoms with Gasteiger partial charge < -0.3 is 20.3 Å². The van der Waals surface area contributed by atoms with Crippen LogP contribution < -0.4 is 10.6 Å². The average molecular weight is 358 g/mol. The zero-order valence-electron chi connectivity index (χ0n) is 15.5. The lowest BCUT2D eigenvalue weighted by molar-refractivity contribution is -0.136. The molecule has 1 aromatic carbocycles. The Kier molecular flexibility index (Phi) is 5.58. The first-order valence-electron chi connectivity index (χ1n) is 8.84. The van der Waals surface area contributed by atoms with E-state index in [2.05, 4.69) is 27.5 Å². The number of nitrogens with one attached hydrogen (secondary N) is 2. The van der Waals surface area contributed by atoms with E-state index in [-0.39, 0.29) is 6.03 Å². The van der Waals surface area contributed by atoms with Gasteiger partial charge in [-0.05, 0) is 19.5 Å². The summed E-state index contributed by atoms with van der Waals surface area (Å²) in [5, 5.41) is 5.68. The minimum absolute atomic E-state index is 0.299. The predicted octanol–water partition coefficient (Wildman–Crippen LogP) is 1.02. The second-order valence-corrected chi connectivity index (χ2v) is 6.91. The van der Waals surface area contributed by atoms with Crippen LogP contribution in [0.15, 0.2) is 35.5 Å². The van der Waals surface area contributed by atoms with E-state index in [4.69, 9.17) is 4.74 Å². The fourth-order valence-electron chi connectivity index (χ4n) is 3.33. The molecule has 2 aliphatic heterocycles. The van der Waals surface area contributed by atoms with E-state index in [1.807, 2.05) is 31.2 Å². The lowest BCUT2D eigenvalue weighted by Crippen LogP contribution is -2.51. The van der Waals surface area contributed by atoms with Gasteiger partial charge >= 0.3 is 12.0 Å². The van der Waals surface area contributed by atoms with Gasteiger partial charge in [-0.15, -0.1) is 0 Å². The van der Waals surface area contributed by atoms with Crippen LogP contribution in [-0.2, 0) is 9.53 Å². The number of hydrogen-bond acceptors (Lipinski definition) is 5. The maximum atomic E-state index is 12.5. The number of ether oxygens (including phenoxy) is 1. The summed E-state index contributed by atoms with van der Waals surface area (Å²) >= 11 is 0. The number of methoxy groups -OCH3 is 1. The molecule has 0 aromatic heterocycles. The van der Waals surface area contributed by atoms with E-state index >= 15 is 0 Å². The molecule has 0 bridgehead atoms. The molecule has 1 saturated heterocycles. The highest BCUT2D eigenvalue weighted by molar-refractivity contribution is 5.95. The second kappa shape index (κ2) is 7.88. The molecule has 0 radical (unpaired) electrons. The molecule has 140 valence electrons. The van der Waals surface area contributed by atoms with Gasteiger partial charge in [0, 0.05) is 38.4 Å². The van der Waals surface area contributed by atoms with Crippen LogP contribution in [0.3, 0.4) is 0 Å². The molecule has 0 spiro atoms. The topological polar surface area (TPSA) is 73.9 Å². The van der Waals surface area contributed by atoms with Crippen LogP contribution >= 0.6 is 0 Å². The van der Waals surface area contributed by atoms with Crippen molar-refractivity contribution in [1.29, 1.82) is 0 Å². The minimum atomic E-state index is -0.515. The SMILES string of the molecule is COC(=O)C1=C(CN2CCN(C)CC2)NC(=O)NC1c1ccc(C)cc1. The van der Waals surface area contributed by atoms with Crippen molar-refractivity contribution in [3.05, 3.63) is 46.7 Å². The Labute approximate surface area is 154 Å². The quantitative estimate of drug-likeness (QED) is 0.787. The number of benzene rings is 1. The van der Waals surface area contributed by atoms with Crippen LogP contribution in [-0.4, -0.2) is 68.7 Å². The van der Waals surface area contributed by atoms with Gasteiger partial charge in [0.05, 0.1) is 18.7 Å². The number of esters is 1. The predicted molar refractivity (Wildman–Crippen MR) is 98.6 cm³/mol. The van der Waals surface area contributed by atoms with E-state index in [0.29, 0.717) is 17.8 Å². The van der Waals surface area contributed by atoms with Gasteiger partial charge in [-0.1, -0.05) is 29.8 Å². The number of carbonyl (C=O) groups is 2. The summed E-state index contributed by atoms with van der Waals surface area (Å²) in [5.74, 6) is -0.424. The highest BCUT2D eigenvalue weighted by Crippen LogP contribution is 2.28. The minimum Gasteiger partial charge on any atom is -0.466 e. The van der Waals surface area contributed by atoms with Crippen molar-refractivity contribution < 1.29 is 14.3 Å². The third-order valence-corrected chi connectivity index (χ3v) is 4.95. The maximum Gasteiger partial charge on any atom is 0.338 e. The number of aryl methyl sites for hydroxylation is 1. The number of carbonyl (C=O) groups excluding carboxylic acids is 2. The number of hydrogen-bond donors (Lipinski definition) is 2. The van der Waals surface area contributed by atoms with Crippen molar-refractivity contribution in [2.75, 3.05) is 46.9 Å². The van der Waals surface area contributed by atoms with E-state index in [9.17, 15) is 9.59 Å². The van der Waals surface area contributed by atoms with Crippen molar-refractivity contribution >= 4 is 12.0 Å². The van der Waals surface area contributed by atoms with E-state index < -0.39 is 12.0 Å². The van der Waals surface area contributed by atoms with Gasteiger partial charge in [-0.3, -0.25) is 4.90 Å². The van der Waals surface area contributed by atoms with Crippen molar-refractivity contribution in [3.63, 3.8) is 0 Å². The van der Waals surface area contributed by atoms with Gasteiger partial charge in [0.25, 0.3) is 0 Å². The molecule has 0 saturated carbocycles. The van der Waals surface area contributed by atoms with Crippen LogP contribution in [0.2, 0.25) is 0 Å². The number of nitrogens with zero attached hydrogens (tertiary/aromatic N) is 2. The van der Waals surface area contributed by atoms with Crippen molar-refractivity contribution in [3.8, 4) is 0 Å². The zero-order valence-corrected chi connectivity index (χ0v) is 15.5. The fourth-order valence-corrected chi connectivity index (χ4v) is 3.33. The molecule has 2 heterocycles. The Morgan fingerprint density at radius 3 is 2.46 bits per heavy atom. The van der Waals surface area contributed by atoms with Crippen molar-refractivity contribution in [1.82, 2.24) is 20.4 Å². The Morgan fingerprint density at radius 2 is 1.85 bits per heavy atom. The molecule has 26 heavy (non-hydrogen) atoms. The number of piperazine rings is 1. The van der Waals surface area contributed by atoms with Crippen LogP contribution in [0, 0.1) is 6.92 Å². The molecule has 1 aromatic rings. The Morgan fingerprint density at radius 1 is 1.19 bits per heavy atom. The molecule has 2 aliphatic rings. The monoisotopic (exact) mass is 358 g/mol. The average Bonchev–Trinajstić information content (AvgIpc) is 2.63. The molecule has 7 heteroatoms. The summed E-state index contributed by atoms with van der Waals surface area (Å²) in [4.78, 5) is 29.3. The van der Waals surface area contributed by atoms with Crippen LogP contribution in [0.25, 0.3) is 0 Å². The molecule has 2 N–H and O–H groups in total. The van der Waals surface area contributed by atoms with Crippen LogP contribution in [0.1, 0.15) is 17.2 Å². The summed E-state index contributed by atoms with van der Waals surface area (Å²) < 4.78 is 5.02. The highest BCUT2D eigenvalue weighted by Gasteiger charge is 2.34. The molecule has 0 aliphatic carbocycles. The van der Waals surface area contributed by atoms with E-state index in [1.165, 1.54) is 7.11 Å². The van der Waals surface area contributed by atoms with Crippen LogP contribution in [0.5, 0.6) is 0 Å². The first-order chi connectivity index (χ1) is 12.5. The maximum absolute atomic E-state index is 12.5. The zero-order chi connectivity index (χ0) is 18.7. The molecular weight excluding hydrogens is 332 g/mol. The number of rotatable bonds is 4. The molecule has 7 nitrogen and oxygen atoms in total. The number of urea groups is 1. The summed E-state index contributed by atoms with van der Waals surface area (Å²) in [6.07, 6.45) is 0. The molecule has 2 amide bonds. The van der Waals surface area contributed by atoms with Crippen molar-refractivity contribution in [2.45, 2.75) is 13.0 Å². The lowest BCUT2D eigenvalue weighted by Gasteiger charge is -2.35. The van der Waals surface area contributed by atoms with Gasteiger partial charge in [0.15, 0.2) is 0 Å². The number of amides is 2. The largest absolute Gasteiger partial charge is 0.466 e. The van der Waals surface area contributed by atoms with E-state index in [0.717, 1.165) is 37.3 Å². The standard InChI is InChI=1S/C19H26N4O3/c1-13-4-6-14(7-5-13)17-16(18(24)26-3)15(20-19(25)21-17)12-23-10-8-22(2)9-11-23/h4-7,17H,8-12H2,1-3H3,(H2,20,21,25). The first kappa shape index (κ1) is 18.4. The van der Waals surface area contributed by atoms with Gasteiger partial charge in [-0.25, -0.2) is 9.59 Å². The fraction of sp³-hybridized carbons (Fsp3) is 0.474. The normalized spacial score (nSPS) is 22.0. The smallest absolute Gasteiger partial charge is 0.338 e. The van der Waals surface area contributed by atoms with Crippen molar-refractivity contribution in [2.24, 2.45) is 0 Å². The molecule has 3 rings (SSSR count). The van der Waals surface area contributed by atoms with Crippen LogP contribution in [0.4, 0.5) is 4.79 Å². The molecule has 1 fully saturated rings. The Bertz CT molecular complexity index is 706. The number of likely N-dealkylation sites (N-methyl/N-ethyl adjacent to an activating group) is 1. The summed E-state index contributed by atoms with van der Waals surface area (Å²) in [6.45, 7) is 6.25. The summed E-state index contributed by atoms with van der Waals surface area (Å²) in [6, 6.07) is 6.99. The van der Waals surface area contributed by atoms with Gasteiger partial charge in [0.1, 0.15) is 0 Å². The van der Waals surface area contributed by atoms with Gasteiger partial charge in [-0.2, -0.15) is 0 Å². The Balaban J connectivity index is 1.93. The summed E-state index contributed by atoms with van der Waals surface area (Å²) in [5.41, 5.74) is 3.07. The first-order valence-corrected chi connectivity index (χ1v) is 8.84. The highest BCUT2D eigenvalue weighted by atomic mass is 16.5. The van der Waals surface area contributed by atoms with E-state index in [1.54, 1.807) is 0 Å². The lowest BCUT2D eigenvalue weighted by atomic mass is 9.94. The third-order valence-electron chi connectivity index (χ3n) is 4.95. The molecule has 1 unspecified atom stereocenters.